The second-order valence-corrected chi connectivity index (χ2v) is 9.10. The monoisotopic (exact) mass is 550 g/mol. The van der Waals surface area contributed by atoms with Gasteiger partial charge in [0.1, 0.15) is 12.2 Å². The maximum atomic E-state index is 13.3. The number of para-hydroxylation sites is 1. The summed E-state index contributed by atoms with van der Waals surface area (Å²) >= 11 is 12.2. The number of nitrogens with zero attached hydrogens (tertiary/aromatic N) is 1. The summed E-state index contributed by atoms with van der Waals surface area (Å²) in [5, 5.41) is 3.03. The molecule has 1 fully saturated rings. The van der Waals surface area contributed by atoms with Crippen LogP contribution in [0.5, 0.6) is 11.5 Å². The Labute approximate surface area is 230 Å². The number of barbiturate groups is 1. The molecule has 3 aromatic rings. The highest BCUT2D eigenvalue weighted by molar-refractivity contribution is 6.42. The fourth-order valence-electron chi connectivity index (χ4n) is 3.91. The molecule has 0 atom stereocenters. The molecule has 3 aromatic carbocycles. The van der Waals surface area contributed by atoms with Gasteiger partial charge in [-0.3, -0.25) is 14.9 Å². The van der Waals surface area contributed by atoms with Crippen LogP contribution in [0.3, 0.4) is 0 Å². The van der Waals surface area contributed by atoms with E-state index in [0.29, 0.717) is 35.1 Å². The average molecular weight is 551 g/mol. The van der Waals surface area contributed by atoms with Gasteiger partial charge in [-0.2, -0.15) is 0 Å². The number of imide groups is 2. The van der Waals surface area contributed by atoms with Gasteiger partial charge in [0.2, 0.25) is 0 Å². The first-order valence-electron chi connectivity index (χ1n) is 11.8. The summed E-state index contributed by atoms with van der Waals surface area (Å²) in [6, 6.07) is 16.3. The molecule has 1 aliphatic rings. The number of anilines is 1. The molecule has 7 nitrogen and oxygen atoms in total. The Hall–Kier alpha value is -4.07. The molecule has 0 radical (unpaired) electrons. The number of urea groups is 1. The predicted molar refractivity (Wildman–Crippen MR) is 148 cm³/mol. The van der Waals surface area contributed by atoms with Gasteiger partial charge in [0, 0.05) is 10.6 Å². The van der Waals surface area contributed by atoms with Crippen molar-refractivity contribution in [1.29, 1.82) is 0 Å². The number of amides is 4. The van der Waals surface area contributed by atoms with Crippen molar-refractivity contribution in [3.05, 3.63) is 106 Å². The molecule has 1 heterocycles. The third-order valence-electron chi connectivity index (χ3n) is 5.62. The number of benzene rings is 3. The summed E-state index contributed by atoms with van der Waals surface area (Å²) in [6.07, 6.45) is 3.57. The first-order chi connectivity index (χ1) is 18.3. The van der Waals surface area contributed by atoms with E-state index in [9.17, 15) is 14.4 Å². The third kappa shape index (κ3) is 5.90. The van der Waals surface area contributed by atoms with Crippen molar-refractivity contribution in [2.24, 2.45) is 0 Å². The number of allylic oxidation sites excluding steroid dienone is 1. The van der Waals surface area contributed by atoms with Crippen molar-refractivity contribution in [2.45, 2.75) is 20.0 Å². The molecule has 194 valence electrons. The molecule has 4 amide bonds. The van der Waals surface area contributed by atoms with E-state index >= 15 is 0 Å². The Morgan fingerprint density at radius 2 is 1.74 bits per heavy atom. The highest BCUT2D eigenvalue weighted by Crippen LogP contribution is 2.36. The van der Waals surface area contributed by atoms with Gasteiger partial charge >= 0.3 is 6.03 Å². The van der Waals surface area contributed by atoms with Crippen molar-refractivity contribution in [3.8, 4) is 11.5 Å². The Morgan fingerprint density at radius 3 is 2.42 bits per heavy atom. The lowest BCUT2D eigenvalue weighted by Gasteiger charge is -2.27. The van der Waals surface area contributed by atoms with Crippen molar-refractivity contribution >= 4 is 52.8 Å². The van der Waals surface area contributed by atoms with Crippen molar-refractivity contribution in [1.82, 2.24) is 5.32 Å². The Kier molecular flexibility index (Phi) is 8.51. The largest absolute Gasteiger partial charge is 0.490 e. The van der Waals surface area contributed by atoms with Crippen LogP contribution in [-0.2, 0) is 22.6 Å². The van der Waals surface area contributed by atoms with Crippen LogP contribution in [0, 0.1) is 0 Å². The number of carbonyl (C=O) groups is 3. The molecule has 38 heavy (non-hydrogen) atoms. The molecule has 9 heteroatoms. The van der Waals surface area contributed by atoms with E-state index in [1.807, 2.05) is 19.1 Å². The minimum Gasteiger partial charge on any atom is -0.490 e. The predicted octanol–water partition coefficient (Wildman–Crippen LogP) is 6.37. The molecule has 1 aliphatic heterocycles. The topological polar surface area (TPSA) is 84.9 Å². The zero-order chi connectivity index (χ0) is 27.2. The van der Waals surface area contributed by atoms with Gasteiger partial charge < -0.3 is 9.47 Å². The van der Waals surface area contributed by atoms with E-state index in [1.165, 1.54) is 12.1 Å². The minimum atomic E-state index is -0.876. The summed E-state index contributed by atoms with van der Waals surface area (Å²) in [7, 11) is 0. The van der Waals surface area contributed by atoms with Gasteiger partial charge in [0.05, 0.1) is 17.3 Å². The first-order valence-corrected chi connectivity index (χ1v) is 12.5. The van der Waals surface area contributed by atoms with E-state index in [4.69, 9.17) is 32.7 Å². The van der Waals surface area contributed by atoms with Gasteiger partial charge in [-0.25, -0.2) is 9.69 Å². The lowest BCUT2D eigenvalue weighted by atomic mass is 10.0. The molecule has 0 bridgehead atoms. The zero-order valence-corrected chi connectivity index (χ0v) is 22.0. The van der Waals surface area contributed by atoms with Crippen LogP contribution in [0.2, 0.25) is 10.0 Å². The standard InChI is InChI=1S/C29H24Cl2N2O5/c1-3-7-20-14-19(16-25(37-4-2)26(20)38-17-18-10-12-21(30)13-11-18)15-22-27(34)32-29(36)33(28(22)35)24-9-6-5-8-23(24)31/h3,5-6,8-16H,1,4,7,17H2,2H3,(H,32,34,36)/b22-15+. The van der Waals surface area contributed by atoms with E-state index in [0.717, 1.165) is 16.0 Å². The highest BCUT2D eigenvalue weighted by Gasteiger charge is 2.37. The molecule has 0 aromatic heterocycles. The molecular formula is C29H24Cl2N2O5. The number of halogens is 2. The smallest absolute Gasteiger partial charge is 0.335 e. The highest BCUT2D eigenvalue weighted by atomic mass is 35.5. The second kappa shape index (κ2) is 12.0. The van der Waals surface area contributed by atoms with Crippen LogP contribution >= 0.6 is 23.2 Å². The normalized spacial score (nSPS) is 14.4. The van der Waals surface area contributed by atoms with E-state index in [-0.39, 0.29) is 22.9 Å². The summed E-state index contributed by atoms with van der Waals surface area (Å²) in [4.78, 5) is 39.4. The Bertz CT molecular complexity index is 1430. The van der Waals surface area contributed by atoms with E-state index < -0.39 is 17.8 Å². The average Bonchev–Trinajstić information content (AvgIpc) is 2.88. The second-order valence-electron chi connectivity index (χ2n) is 8.26. The number of hydrogen-bond donors (Lipinski definition) is 1. The van der Waals surface area contributed by atoms with Gasteiger partial charge in [0.25, 0.3) is 11.8 Å². The van der Waals surface area contributed by atoms with Crippen LogP contribution in [0.4, 0.5) is 10.5 Å². The van der Waals surface area contributed by atoms with Gasteiger partial charge in [0.15, 0.2) is 11.5 Å². The van der Waals surface area contributed by atoms with Gasteiger partial charge in [-0.05, 0) is 66.9 Å². The summed E-state index contributed by atoms with van der Waals surface area (Å²) in [6.45, 7) is 6.30. The van der Waals surface area contributed by atoms with Gasteiger partial charge in [-0.1, -0.05) is 53.5 Å². The SMILES string of the molecule is C=CCc1cc(/C=C2\C(=O)NC(=O)N(c3ccccc3Cl)C2=O)cc(OCC)c1OCc1ccc(Cl)cc1. The van der Waals surface area contributed by atoms with Crippen LogP contribution in [0.1, 0.15) is 23.6 Å². The lowest BCUT2D eigenvalue weighted by Crippen LogP contribution is -2.54. The quantitative estimate of drug-likeness (QED) is 0.190. The summed E-state index contributed by atoms with van der Waals surface area (Å²) in [5.41, 5.74) is 2.11. The summed E-state index contributed by atoms with van der Waals surface area (Å²) < 4.78 is 12.0. The molecule has 0 saturated carbocycles. The number of carbonyl (C=O) groups excluding carboxylic acids is 3. The Morgan fingerprint density at radius 1 is 1.00 bits per heavy atom. The molecule has 1 saturated heterocycles. The zero-order valence-electron chi connectivity index (χ0n) is 20.5. The number of rotatable bonds is 9. The fourth-order valence-corrected chi connectivity index (χ4v) is 4.26. The minimum absolute atomic E-state index is 0.170. The number of nitrogens with one attached hydrogen (secondary N) is 1. The third-order valence-corrected chi connectivity index (χ3v) is 6.19. The maximum Gasteiger partial charge on any atom is 0.335 e. The summed E-state index contributed by atoms with van der Waals surface area (Å²) in [5.74, 6) is -0.640. The first kappa shape index (κ1) is 27.0. The van der Waals surface area contributed by atoms with Crippen LogP contribution in [-0.4, -0.2) is 24.5 Å². The number of hydrogen-bond acceptors (Lipinski definition) is 5. The van der Waals surface area contributed by atoms with E-state index in [1.54, 1.807) is 48.5 Å². The molecule has 0 spiro atoms. The maximum absolute atomic E-state index is 13.3. The molecule has 0 unspecified atom stereocenters. The van der Waals surface area contributed by atoms with Crippen LogP contribution < -0.4 is 19.7 Å². The molecular weight excluding hydrogens is 527 g/mol. The van der Waals surface area contributed by atoms with Crippen LogP contribution in [0.15, 0.2) is 78.9 Å². The molecule has 0 aliphatic carbocycles. The van der Waals surface area contributed by atoms with Gasteiger partial charge in [-0.15, -0.1) is 6.58 Å². The fraction of sp³-hybridized carbons (Fsp3) is 0.138. The van der Waals surface area contributed by atoms with Crippen molar-refractivity contribution < 1.29 is 23.9 Å². The molecule has 1 N–H and O–H groups in total. The van der Waals surface area contributed by atoms with E-state index in [2.05, 4.69) is 11.9 Å². The number of ether oxygens (including phenoxy) is 2. The van der Waals surface area contributed by atoms with Crippen LogP contribution in [0.25, 0.3) is 6.08 Å². The van der Waals surface area contributed by atoms with Crippen molar-refractivity contribution in [2.75, 3.05) is 11.5 Å². The van der Waals surface area contributed by atoms with Crippen molar-refractivity contribution in [3.63, 3.8) is 0 Å². The lowest BCUT2D eigenvalue weighted by molar-refractivity contribution is -0.122. The Balaban J connectivity index is 1.72. The molecule has 4 rings (SSSR count).